The number of aromatic nitrogens is 1. The lowest BCUT2D eigenvalue weighted by Gasteiger charge is -2.26. The van der Waals surface area contributed by atoms with E-state index in [9.17, 15) is 8.78 Å². The van der Waals surface area contributed by atoms with Crippen LogP contribution in [0.15, 0.2) is 10.6 Å². The second-order valence-electron chi connectivity index (χ2n) is 4.96. The van der Waals surface area contributed by atoms with E-state index >= 15 is 0 Å². The Morgan fingerprint density at radius 3 is 2.83 bits per heavy atom. The maximum absolute atomic E-state index is 13.0. The van der Waals surface area contributed by atoms with Gasteiger partial charge in [0.1, 0.15) is 5.76 Å². The van der Waals surface area contributed by atoms with Crippen LogP contribution < -0.4 is 5.32 Å². The number of nitrogens with zero attached hydrogens (tertiary/aromatic N) is 1. The summed E-state index contributed by atoms with van der Waals surface area (Å²) in [4.78, 5) is 4.18. The third-order valence-electron chi connectivity index (χ3n) is 3.39. The predicted molar refractivity (Wildman–Crippen MR) is 64.7 cm³/mol. The average molecular weight is 258 g/mol. The van der Waals surface area contributed by atoms with Gasteiger partial charge in [-0.1, -0.05) is 6.92 Å². The summed E-state index contributed by atoms with van der Waals surface area (Å²) < 4.78 is 31.7. The topological polar surface area (TPSA) is 38.1 Å². The van der Waals surface area contributed by atoms with E-state index in [4.69, 9.17) is 4.42 Å². The Balaban J connectivity index is 1.86. The minimum absolute atomic E-state index is 0.0399. The minimum Gasteiger partial charge on any atom is -0.444 e. The van der Waals surface area contributed by atoms with Crippen LogP contribution in [0, 0.1) is 0 Å². The van der Waals surface area contributed by atoms with Crippen molar-refractivity contribution >= 4 is 0 Å². The Labute approximate surface area is 106 Å². The first kappa shape index (κ1) is 13.5. The van der Waals surface area contributed by atoms with Gasteiger partial charge in [0.2, 0.25) is 11.8 Å². The molecule has 0 bridgehead atoms. The van der Waals surface area contributed by atoms with Crippen LogP contribution in [0.25, 0.3) is 0 Å². The quantitative estimate of drug-likeness (QED) is 0.822. The van der Waals surface area contributed by atoms with Crippen molar-refractivity contribution in [1.82, 2.24) is 10.3 Å². The minimum atomic E-state index is -2.48. The van der Waals surface area contributed by atoms with E-state index in [1.165, 1.54) is 0 Å². The summed E-state index contributed by atoms with van der Waals surface area (Å²) in [6, 6.07) is 0. The van der Waals surface area contributed by atoms with Gasteiger partial charge in [-0.3, -0.25) is 0 Å². The fourth-order valence-electron chi connectivity index (χ4n) is 2.29. The van der Waals surface area contributed by atoms with Gasteiger partial charge in [-0.15, -0.1) is 0 Å². The highest BCUT2D eigenvalue weighted by Gasteiger charge is 2.36. The molecular weight excluding hydrogens is 238 g/mol. The second-order valence-corrected chi connectivity index (χ2v) is 4.96. The van der Waals surface area contributed by atoms with Crippen LogP contribution in [0.1, 0.15) is 56.6 Å². The Morgan fingerprint density at radius 2 is 2.17 bits per heavy atom. The highest BCUT2D eigenvalue weighted by molar-refractivity contribution is 5.04. The van der Waals surface area contributed by atoms with Crippen molar-refractivity contribution < 1.29 is 13.2 Å². The number of halogens is 2. The van der Waals surface area contributed by atoms with Crippen LogP contribution in [0.3, 0.4) is 0 Å². The molecule has 0 saturated heterocycles. The van der Waals surface area contributed by atoms with Crippen molar-refractivity contribution in [3.8, 4) is 0 Å². The molecule has 1 aromatic rings. The molecule has 102 valence electrons. The zero-order valence-electron chi connectivity index (χ0n) is 10.7. The predicted octanol–water partition coefficient (Wildman–Crippen LogP) is 3.47. The largest absolute Gasteiger partial charge is 0.444 e. The number of nitrogens with one attached hydrogen (secondary N) is 1. The van der Waals surface area contributed by atoms with Gasteiger partial charge < -0.3 is 9.73 Å². The molecule has 5 heteroatoms. The third-order valence-corrected chi connectivity index (χ3v) is 3.39. The van der Waals surface area contributed by atoms with Gasteiger partial charge >= 0.3 is 0 Å². The van der Waals surface area contributed by atoms with E-state index in [1.807, 2.05) is 0 Å². The van der Waals surface area contributed by atoms with Crippen LogP contribution in [0.5, 0.6) is 0 Å². The summed E-state index contributed by atoms with van der Waals surface area (Å²) in [6.45, 7) is 3.63. The number of rotatable bonds is 5. The summed E-state index contributed by atoms with van der Waals surface area (Å²) in [5.74, 6) is -0.964. The van der Waals surface area contributed by atoms with Crippen LogP contribution in [-0.2, 0) is 6.54 Å². The zero-order chi connectivity index (χ0) is 13.0. The molecule has 0 spiro atoms. The van der Waals surface area contributed by atoms with E-state index in [0.717, 1.165) is 18.7 Å². The van der Waals surface area contributed by atoms with Crippen molar-refractivity contribution in [1.29, 1.82) is 0 Å². The summed E-state index contributed by atoms with van der Waals surface area (Å²) in [5, 5.41) is 3.20. The van der Waals surface area contributed by atoms with Gasteiger partial charge in [0.25, 0.3) is 0 Å². The molecule has 0 amide bonds. The van der Waals surface area contributed by atoms with E-state index < -0.39 is 5.92 Å². The Hall–Kier alpha value is -0.970. The Kier molecular flexibility index (Phi) is 4.32. The van der Waals surface area contributed by atoms with Gasteiger partial charge in [0, 0.05) is 18.8 Å². The van der Waals surface area contributed by atoms with E-state index in [-0.39, 0.29) is 18.8 Å². The fraction of sp³-hybridized carbons (Fsp3) is 0.769. The average Bonchev–Trinajstić information content (AvgIpc) is 2.78. The molecule has 0 aromatic carbocycles. The lowest BCUT2D eigenvalue weighted by Crippen LogP contribution is -2.23. The monoisotopic (exact) mass is 258 g/mol. The maximum Gasteiger partial charge on any atom is 0.248 e. The van der Waals surface area contributed by atoms with Crippen LogP contribution in [0.4, 0.5) is 8.78 Å². The fourth-order valence-corrected chi connectivity index (χ4v) is 2.29. The Bertz CT molecular complexity index is 369. The molecule has 1 aliphatic rings. The molecule has 0 unspecified atom stereocenters. The molecule has 1 aromatic heterocycles. The molecule has 1 heterocycles. The van der Waals surface area contributed by atoms with Gasteiger partial charge in [-0.05, 0) is 25.8 Å². The molecule has 1 saturated carbocycles. The summed E-state index contributed by atoms with van der Waals surface area (Å²) in [5.41, 5.74) is 0. The molecule has 3 nitrogen and oxygen atoms in total. The molecule has 2 rings (SSSR count). The van der Waals surface area contributed by atoms with Gasteiger partial charge in [0.15, 0.2) is 0 Å². The van der Waals surface area contributed by atoms with Crippen molar-refractivity contribution in [2.24, 2.45) is 0 Å². The van der Waals surface area contributed by atoms with Gasteiger partial charge in [-0.25, -0.2) is 13.8 Å². The molecule has 0 atom stereocenters. The van der Waals surface area contributed by atoms with Gasteiger partial charge in [-0.2, -0.15) is 0 Å². The van der Waals surface area contributed by atoms with Gasteiger partial charge in [0.05, 0.1) is 12.7 Å². The lowest BCUT2D eigenvalue weighted by molar-refractivity contribution is -0.0395. The maximum atomic E-state index is 13.0. The zero-order valence-corrected chi connectivity index (χ0v) is 10.7. The van der Waals surface area contributed by atoms with Crippen LogP contribution in [0.2, 0.25) is 0 Å². The van der Waals surface area contributed by atoms with Crippen molar-refractivity contribution in [2.45, 2.75) is 57.4 Å². The molecule has 18 heavy (non-hydrogen) atoms. The smallest absolute Gasteiger partial charge is 0.248 e. The van der Waals surface area contributed by atoms with Crippen molar-refractivity contribution in [3.05, 3.63) is 17.8 Å². The van der Waals surface area contributed by atoms with E-state index in [1.54, 1.807) is 6.20 Å². The summed E-state index contributed by atoms with van der Waals surface area (Å²) in [7, 11) is 0. The molecule has 1 fully saturated rings. The normalized spacial score (nSPS) is 20.2. The Morgan fingerprint density at radius 1 is 1.44 bits per heavy atom. The first-order valence-corrected chi connectivity index (χ1v) is 6.64. The van der Waals surface area contributed by atoms with Crippen LogP contribution in [-0.4, -0.2) is 17.5 Å². The van der Waals surface area contributed by atoms with Crippen molar-refractivity contribution in [2.75, 3.05) is 6.54 Å². The molecule has 0 radical (unpaired) electrons. The second kappa shape index (κ2) is 5.78. The van der Waals surface area contributed by atoms with E-state index in [2.05, 4.69) is 17.2 Å². The third kappa shape index (κ3) is 3.51. The summed E-state index contributed by atoms with van der Waals surface area (Å²) >= 11 is 0. The molecule has 0 aliphatic heterocycles. The first-order chi connectivity index (χ1) is 8.61. The number of alkyl halides is 2. The highest BCUT2D eigenvalue weighted by Crippen LogP contribution is 2.40. The molecule has 1 N–H and O–H groups in total. The van der Waals surface area contributed by atoms with Crippen LogP contribution >= 0.6 is 0 Å². The summed E-state index contributed by atoms with van der Waals surface area (Å²) in [6.07, 6.45) is 3.65. The SMILES string of the molecule is CCCNCc1ncc(C2CCC(F)(F)CC2)o1. The number of hydrogen-bond donors (Lipinski definition) is 1. The first-order valence-electron chi connectivity index (χ1n) is 6.64. The van der Waals surface area contributed by atoms with Crippen molar-refractivity contribution in [3.63, 3.8) is 0 Å². The number of oxazole rings is 1. The van der Waals surface area contributed by atoms with E-state index in [0.29, 0.717) is 25.3 Å². The lowest BCUT2D eigenvalue weighted by atomic mass is 9.85. The molecular formula is C13H20F2N2O. The standard InChI is InChI=1S/C13H20F2N2O/c1-2-7-16-9-12-17-8-11(18-12)10-3-5-13(14,15)6-4-10/h8,10,16H,2-7,9H2,1H3. The highest BCUT2D eigenvalue weighted by atomic mass is 19.3. The number of hydrogen-bond acceptors (Lipinski definition) is 3. The molecule has 1 aliphatic carbocycles.